The number of nitrogens with two attached hydrogens (primary N) is 2. The van der Waals surface area contributed by atoms with Gasteiger partial charge in [0, 0.05) is 6.54 Å². The van der Waals surface area contributed by atoms with Gasteiger partial charge in [-0.1, -0.05) is 51.1 Å². The largest absolute Gasteiger partial charge is 0.433 e. The summed E-state index contributed by atoms with van der Waals surface area (Å²) in [5, 5.41) is -0.171. The first kappa shape index (κ1) is 30.6. The van der Waals surface area contributed by atoms with Crippen LogP contribution in [0.25, 0.3) is 0 Å². The molecule has 0 aromatic heterocycles. The van der Waals surface area contributed by atoms with Gasteiger partial charge in [0.25, 0.3) is 17.7 Å². The molecule has 39 heavy (non-hydrogen) atoms. The molecule has 2 aliphatic rings. The van der Waals surface area contributed by atoms with Crippen molar-refractivity contribution in [1.82, 2.24) is 15.2 Å². The second-order valence-corrected chi connectivity index (χ2v) is 16.7. The summed E-state index contributed by atoms with van der Waals surface area (Å²) in [5.74, 6) is 3.87. The van der Waals surface area contributed by atoms with Crippen LogP contribution < -0.4 is 17.0 Å². The molecule has 1 aromatic rings. The molecule has 0 saturated carbocycles. The first-order valence-electron chi connectivity index (χ1n) is 13.5. The van der Waals surface area contributed by atoms with Crippen LogP contribution in [0.4, 0.5) is 4.79 Å². The minimum atomic E-state index is -2.43. The van der Waals surface area contributed by atoms with Crippen LogP contribution in [-0.4, -0.2) is 78.8 Å². The molecule has 12 heteroatoms. The molecular weight excluding hydrogens is 518 g/mol. The van der Waals surface area contributed by atoms with Gasteiger partial charge in [-0.25, -0.2) is 10.6 Å². The average Bonchev–Trinajstić information content (AvgIpc) is 3.35. The molecule has 0 radical (unpaired) electrons. The van der Waals surface area contributed by atoms with Crippen molar-refractivity contribution in [2.24, 2.45) is 11.6 Å². The number of carbonyl (C=O) groups is 4. The highest BCUT2D eigenvalue weighted by Crippen LogP contribution is 2.45. The number of amides is 4. The zero-order chi connectivity index (χ0) is 29.2. The number of β-lactam (4-membered cyclic amide) rings is 1. The summed E-state index contributed by atoms with van der Waals surface area (Å²) in [6.07, 6.45) is -1.13. The lowest BCUT2D eigenvalue weighted by Gasteiger charge is -2.56. The van der Waals surface area contributed by atoms with Gasteiger partial charge in [0.15, 0.2) is 8.32 Å². The highest BCUT2D eigenvalue weighted by atomic mass is 28.4. The molecule has 2 heterocycles. The van der Waals surface area contributed by atoms with E-state index in [1.54, 1.807) is 6.92 Å². The molecule has 4 atom stereocenters. The van der Waals surface area contributed by atoms with E-state index in [2.05, 4.69) is 33.9 Å². The lowest BCUT2D eigenvalue weighted by Crippen LogP contribution is -2.79. The Bertz CT molecular complexity index is 1080. The fourth-order valence-corrected chi connectivity index (χ4v) is 6.71. The number of nitrogens with one attached hydrogen (secondary N) is 1. The van der Waals surface area contributed by atoms with E-state index in [4.69, 9.17) is 20.7 Å². The van der Waals surface area contributed by atoms with Gasteiger partial charge in [0.1, 0.15) is 12.1 Å². The van der Waals surface area contributed by atoms with Crippen LogP contribution in [0.1, 0.15) is 52.5 Å². The SMILES string of the molecule is CC1N(CC(=O)NN)C(=O)C12CCCN2C(=O)[C@@H](OC(N)=O)[C@@H](CCc1ccccc1)O[Si](C)(C)C(C)(C)C. The number of rotatable bonds is 10. The van der Waals surface area contributed by atoms with Gasteiger partial charge in [-0.2, -0.15) is 0 Å². The van der Waals surface area contributed by atoms with Crippen molar-refractivity contribution in [3.05, 3.63) is 35.9 Å². The number of hydrogen-bond acceptors (Lipinski definition) is 7. The van der Waals surface area contributed by atoms with E-state index in [0.29, 0.717) is 32.2 Å². The van der Waals surface area contributed by atoms with Crippen molar-refractivity contribution in [2.45, 2.75) is 95.3 Å². The Hall–Kier alpha value is -2.96. The average molecular weight is 562 g/mol. The van der Waals surface area contributed by atoms with Gasteiger partial charge >= 0.3 is 6.09 Å². The van der Waals surface area contributed by atoms with Gasteiger partial charge in [0.05, 0.1) is 12.1 Å². The number of ether oxygens (including phenoxy) is 1. The number of hydrazine groups is 1. The lowest BCUT2D eigenvalue weighted by molar-refractivity contribution is -0.182. The van der Waals surface area contributed by atoms with Crippen molar-refractivity contribution in [3.8, 4) is 0 Å². The standard InChI is InChI=1S/C27H43N5O6Si/c1-18-27(24(35)31(18)17-21(33)30-29)15-10-16-32(27)23(34)22(37-25(28)36)20(38-39(5,6)26(2,3)4)14-13-19-11-8-7-9-12-19/h7-9,11-12,18,20,22H,10,13-17,29H2,1-6H3,(H2,28,36)(H,30,33)/t18?,20-,22+,27?/m1/s1. The summed E-state index contributed by atoms with van der Waals surface area (Å²) in [7, 11) is -2.43. The van der Waals surface area contributed by atoms with E-state index in [1.165, 1.54) is 9.80 Å². The summed E-state index contributed by atoms with van der Waals surface area (Å²) in [6.45, 7) is 12.3. The van der Waals surface area contributed by atoms with Crippen molar-refractivity contribution in [1.29, 1.82) is 0 Å². The number of nitrogens with zero attached hydrogens (tertiary/aromatic N) is 2. The summed E-state index contributed by atoms with van der Waals surface area (Å²) in [6, 6.07) is 9.37. The van der Waals surface area contributed by atoms with Crippen molar-refractivity contribution in [3.63, 3.8) is 0 Å². The first-order chi connectivity index (χ1) is 18.2. The summed E-state index contributed by atoms with van der Waals surface area (Å²) in [5.41, 5.74) is 7.45. The van der Waals surface area contributed by atoms with Crippen LogP contribution in [0.2, 0.25) is 18.1 Å². The Kier molecular flexibility index (Phi) is 9.13. The Morgan fingerprint density at radius 3 is 2.38 bits per heavy atom. The Morgan fingerprint density at radius 1 is 1.21 bits per heavy atom. The third-order valence-electron chi connectivity index (χ3n) is 8.59. The van der Waals surface area contributed by atoms with E-state index in [0.717, 1.165) is 5.56 Å². The van der Waals surface area contributed by atoms with Gasteiger partial charge < -0.3 is 24.7 Å². The molecule has 0 bridgehead atoms. The monoisotopic (exact) mass is 561 g/mol. The van der Waals surface area contributed by atoms with Crippen molar-refractivity contribution in [2.75, 3.05) is 13.1 Å². The fraction of sp³-hybridized carbons (Fsp3) is 0.630. The molecule has 2 saturated heterocycles. The lowest BCUT2D eigenvalue weighted by atomic mass is 9.77. The van der Waals surface area contributed by atoms with Crippen LogP contribution in [0.3, 0.4) is 0 Å². The van der Waals surface area contributed by atoms with Crippen molar-refractivity contribution >= 4 is 32.1 Å². The van der Waals surface area contributed by atoms with Gasteiger partial charge in [-0.05, 0) is 56.3 Å². The van der Waals surface area contributed by atoms with Crippen molar-refractivity contribution < 1.29 is 28.3 Å². The highest BCUT2D eigenvalue weighted by molar-refractivity contribution is 6.74. The van der Waals surface area contributed by atoms with E-state index >= 15 is 0 Å². The third-order valence-corrected chi connectivity index (χ3v) is 13.1. The number of primary amides is 1. The molecular formula is C27H43N5O6Si. The van der Waals surface area contributed by atoms with E-state index < -0.39 is 50.0 Å². The maximum Gasteiger partial charge on any atom is 0.405 e. The smallest absolute Gasteiger partial charge is 0.405 e. The molecule has 0 aliphatic carbocycles. The third kappa shape index (κ3) is 6.12. The molecule has 2 unspecified atom stereocenters. The number of aryl methyl sites for hydroxylation is 1. The quantitative estimate of drug-likeness (QED) is 0.130. The summed E-state index contributed by atoms with van der Waals surface area (Å²) >= 11 is 0. The topological polar surface area (TPSA) is 157 Å². The molecule has 1 spiro atoms. The van der Waals surface area contributed by atoms with E-state index in [1.807, 2.05) is 35.8 Å². The Morgan fingerprint density at radius 2 is 1.85 bits per heavy atom. The molecule has 216 valence electrons. The molecule has 2 aliphatic heterocycles. The fourth-order valence-electron chi connectivity index (χ4n) is 5.35. The zero-order valence-corrected chi connectivity index (χ0v) is 24.9. The van der Waals surface area contributed by atoms with Gasteiger partial charge in [0.2, 0.25) is 6.10 Å². The molecule has 11 nitrogen and oxygen atoms in total. The van der Waals surface area contributed by atoms with E-state index in [-0.39, 0.29) is 17.5 Å². The Labute approximate surface area is 231 Å². The van der Waals surface area contributed by atoms with Crippen LogP contribution in [0.15, 0.2) is 30.3 Å². The number of benzene rings is 1. The van der Waals surface area contributed by atoms with Gasteiger partial charge in [-0.3, -0.25) is 19.8 Å². The minimum absolute atomic E-state index is 0.171. The normalized spacial score (nSPS) is 22.8. The molecule has 4 amide bonds. The van der Waals surface area contributed by atoms with Crippen LogP contribution in [0.5, 0.6) is 0 Å². The summed E-state index contributed by atoms with van der Waals surface area (Å²) in [4.78, 5) is 54.5. The van der Waals surface area contributed by atoms with Crippen LogP contribution in [0, 0.1) is 0 Å². The second-order valence-electron chi connectivity index (χ2n) is 12.0. The maximum atomic E-state index is 14.2. The second kappa shape index (κ2) is 11.6. The number of likely N-dealkylation sites (tertiary alicyclic amines) is 2. The first-order valence-corrected chi connectivity index (χ1v) is 16.4. The van der Waals surface area contributed by atoms with Crippen LogP contribution >= 0.6 is 0 Å². The Balaban J connectivity index is 1.94. The minimum Gasteiger partial charge on any atom is -0.433 e. The highest BCUT2D eigenvalue weighted by Gasteiger charge is 2.65. The molecule has 5 N–H and O–H groups in total. The number of hydrogen-bond donors (Lipinski definition) is 3. The maximum absolute atomic E-state index is 14.2. The summed E-state index contributed by atoms with van der Waals surface area (Å²) < 4.78 is 12.2. The van der Waals surface area contributed by atoms with Crippen LogP contribution in [-0.2, 0) is 30.0 Å². The predicted molar refractivity (Wildman–Crippen MR) is 148 cm³/mol. The van der Waals surface area contributed by atoms with E-state index in [9.17, 15) is 19.2 Å². The predicted octanol–water partition coefficient (Wildman–Crippen LogP) is 2.06. The molecule has 1 aromatic carbocycles. The van der Waals surface area contributed by atoms with Gasteiger partial charge in [-0.15, -0.1) is 0 Å². The zero-order valence-electron chi connectivity index (χ0n) is 23.9. The molecule has 3 rings (SSSR count). The number of carbonyl (C=O) groups excluding carboxylic acids is 4. The molecule has 2 fully saturated rings.